The predicted molar refractivity (Wildman–Crippen MR) is 87.8 cm³/mol. The fourth-order valence-corrected chi connectivity index (χ4v) is 4.14. The van der Waals surface area contributed by atoms with E-state index in [-0.39, 0.29) is 0 Å². The van der Waals surface area contributed by atoms with E-state index < -0.39 is 0 Å². The van der Waals surface area contributed by atoms with Crippen LogP contribution in [0.5, 0.6) is 0 Å². The number of pyridine rings is 1. The molecule has 2 aromatic heterocycles. The summed E-state index contributed by atoms with van der Waals surface area (Å²) >= 11 is 0. The number of nitrogens with zero attached hydrogens (tertiary/aromatic N) is 4. The van der Waals surface area contributed by atoms with Crippen molar-refractivity contribution >= 4 is 0 Å². The molecule has 0 aromatic carbocycles. The molecule has 5 heteroatoms. The maximum Gasteiger partial charge on any atom is 0.138 e. The van der Waals surface area contributed by atoms with Crippen molar-refractivity contribution in [3.05, 3.63) is 47.1 Å². The molecular weight excluding hydrogens is 288 g/mol. The first-order valence-electron chi connectivity index (χ1n) is 8.39. The fraction of sp³-hybridized carbons (Fsp3) is 0.556. The third-order valence-electron chi connectivity index (χ3n) is 5.33. The largest absolute Gasteiger partial charge is 0.361 e. The summed E-state index contributed by atoms with van der Waals surface area (Å²) in [5, 5.41) is 4.06. The van der Waals surface area contributed by atoms with E-state index in [0.717, 1.165) is 24.5 Å². The van der Waals surface area contributed by atoms with Gasteiger partial charge in [-0.05, 0) is 38.4 Å². The molecule has 2 aromatic rings. The molecular formula is C18H24N4O. The topological polar surface area (TPSA) is 45.4 Å². The van der Waals surface area contributed by atoms with Crippen LogP contribution in [-0.4, -0.2) is 46.1 Å². The van der Waals surface area contributed by atoms with E-state index in [1.807, 2.05) is 32.3 Å². The molecule has 1 spiro atoms. The molecule has 2 aliphatic heterocycles. The van der Waals surface area contributed by atoms with Crippen molar-refractivity contribution in [1.82, 2.24) is 19.9 Å². The molecule has 0 aliphatic carbocycles. The normalized spacial score (nSPS) is 21.0. The highest BCUT2D eigenvalue weighted by Gasteiger charge is 2.47. The van der Waals surface area contributed by atoms with Crippen LogP contribution < -0.4 is 0 Å². The zero-order valence-corrected chi connectivity index (χ0v) is 14.0. The van der Waals surface area contributed by atoms with Crippen molar-refractivity contribution in [2.45, 2.75) is 33.4 Å². The lowest BCUT2D eigenvalue weighted by Crippen LogP contribution is -2.56. The second kappa shape index (κ2) is 5.73. The van der Waals surface area contributed by atoms with Gasteiger partial charge in [-0.1, -0.05) is 11.2 Å². The van der Waals surface area contributed by atoms with Crippen molar-refractivity contribution in [2.24, 2.45) is 5.41 Å². The molecule has 2 fully saturated rings. The van der Waals surface area contributed by atoms with Gasteiger partial charge >= 0.3 is 0 Å². The van der Waals surface area contributed by atoms with Crippen LogP contribution in [0.3, 0.4) is 0 Å². The molecule has 0 unspecified atom stereocenters. The minimum Gasteiger partial charge on any atom is -0.361 e. The molecule has 4 heterocycles. The first-order chi connectivity index (χ1) is 11.1. The van der Waals surface area contributed by atoms with Gasteiger partial charge in [0.15, 0.2) is 0 Å². The van der Waals surface area contributed by atoms with E-state index in [9.17, 15) is 0 Å². The molecule has 23 heavy (non-hydrogen) atoms. The Morgan fingerprint density at radius 2 is 2.00 bits per heavy atom. The van der Waals surface area contributed by atoms with Crippen LogP contribution in [0.2, 0.25) is 0 Å². The van der Waals surface area contributed by atoms with E-state index in [4.69, 9.17) is 4.52 Å². The van der Waals surface area contributed by atoms with Gasteiger partial charge < -0.3 is 4.52 Å². The molecule has 2 saturated heterocycles. The SMILES string of the molecule is Cc1noc(C)c1CN1CC2(CCN(Cc3cccnc3)C2)C1. The van der Waals surface area contributed by atoms with Gasteiger partial charge in [0.2, 0.25) is 0 Å². The van der Waals surface area contributed by atoms with Crippen molar-refractivity contribution in [2.75, 3.05) is 26.2 Å². The molecule has 0 bridgehead atoms. The summed E-state index contributed by atoms with van der Waals surface area (Å²) in [6.07, 6.45) is 5.13. The highest BCUT2D eigenvalue weighted by molar-refractivity contribution is 5.21. The summed E-state index contributed by atoms with van der Waals surface area (Å²) in [6, 6.07) is 4.19. The van der Waals surface area contributed by atoms with Crippen molar-refractivity contribution in [3.63, 3.8) is 0 Å². The lowest BCUT2D eigenvalue weighted by atomic mass is 9.79. The molecule has 0 saturated carbocycles. The van der Waals surface area contributed by atoms with Crippen LogP contribution in [-0.2, 0) is 13.1 Å². The second-order valence-corrected chi connectivity index (χ2v) is 7.27. The highest BCUT2D eigenvalue weighted by atomic mass is 16.5. The van der Waals surface area contributed by atoms with Crippen molar-refractivity contribution < 1.29 is 4.52 Å². The van der Waals surface area contributed by atoms with E-state index in [0.29, 0.717) is 5.41 Å². The summed E-state index contributed by atoms with van der Waals surface area (Å²) in [5.41, 5.74) is 4.12. The van der Waals surface area contributed by atoms with E-state index in [1.54, 1.807) is 0 Å². The standard InChI is InChI=1S/C18H24N4O/c1-14-17(15(2)23-20-14)10-22-12-18(13-22)5-7-21(11-18)9-16-4-3-6-19-8-16/h3-4,6,8H,5,7,9-13H2,1-2H3. The Hall–Kier alpha value is -1.72. The summed E-state index contributed by atoms with van der Waals surface area (Å²) in [6.45, 7) is 10.9. The first-order valence-corrected chi connectivity index (χ1v) is 8.39. The van der Waals surface area contributed by atoms with E-state index in [1.165, 1.54) is 43.7 Å². The molecule has 5 nitrogen and oxygen atoms in total. The zero-order valence-electron chi connectivity index (χ0n) is 14.0. The molecule has 0 atom stereocenters. The van der Waals surface area contributed by atoms with Crippen molar-refractivity contribution in [1.29, 1.82) is 0 Å². The van der Waals surface area contributed by atoms with Gasteiger partial charge in [0.1, 0.15) is 5.76 Å². The van der Waals surface area contributed by atoms with Crippen molar-refractivity contribution in [3.8, 4) is 0 Å². The number of likely N-dealkylation sites (tertiary alicyclic amines) is 2. The Kier molecular flexibility index (Phi) is 3.70. The van der Waals surface area contributed by atoms with Crippen LogP contribution in [0.1, 0.15) is 29.0 Å². The molecule has 2 aliphatic rings. The Morgan fingerprint density at radius 1 is 1.17 bits per heavy atom. The quantitative estimate of drug-likeness (QED) is 0.867. The molecule has 122 valence electrons. The Morgan fingerprint density at radius 3 is 2.70 bits per heavy atom. The molecule has 4 rings (SSSR count). The van der Waals surface area contributed by atoms with E-state index in [2.05, 4.69) is 26.0 Å². The Balaban J connectivity index is 1.31. The molecule has 0 radical (unpaired) electrons. The van der Waals surface area contributed by atoms with Crippen LogP contribution in [0.25, 0.3) is 0 Å². The minimum atomic E-state index is 0.501. The Bertz CT molecular complexity index is 656. The Labute approximate surface area is 137 Å². The summed E-state index contributed by atoms with van der Waals surface area (Å²) < 4.78 is 5.27. The monoisotopic (exact) mass is 312 g/mol. The van der Waals surface area contributed by atoms with Crippen LogP contribution >= 0.6 is 0 Å². The van der Waals surface area contributed by atoms with Gasteiger partial charge in [-0.3, -0.25) is 14.8 Å². The van der Waals surface area contributed by atoms with E-state index >= 15 is 0 Å². The number of rotatable bonds is 4. The second-order valence-electron chi connectivity index (χ2n) is 7.27. The number of aryl methyl sites for hydroxylation is 2. The van der Waals surface area contributed by atoms with Gasteiger partial charge in [-0.2, -0.15) is 0 Å². The lowest BCUT2D eigenvalue weighted by Gasteiger charge is -2.48. The average Bonchev–Trinajstić information content (AvgIpc) is 3.07. The third kappa shape index (κ3) is 2.91. The maximum atomic E-state index is 5.27. The highest BCUT2D eigenvalue weighted by Crippen LogP contribution is 2.40. The summed E-state index contributed by atoms with van der Waals surface area (Å²) in [7, 11) is 0. The van der Waals surface area contributed by atoms with Gasteiger partial charge in [-0.25, -0.2) is 0 Å². The number of hydrogen-bond acceptors (Lipinski definition) is 5. The van der Waals surface area contributed by atoms with Gasteiger partial charge in [0.25, 0.3) is 0 Å². The molecule has 0 N–H and O–H groups in total. The summed E-state index contributed by atoms with van der Waals surface area (Å²) in [4.78, 5) is 9.32. The summed E-state index contributed by atoms with van der Waals surface area (Å²) in [5.74, 6) is 0.966. The zero-order chi connectivity index (χ0) is 15.9. The van der Waals surface area contributed by atoms with Gasteiger partial charge in [0.05, 0.1) is 5.69 Å². The lowest BCUT2D eigenvalue weighted by molar-refractivity contribution is 0.00121. The number of hydrogen-bond donors (Lipinski definition) is 0. The average molecular weight is 312 g/mol. The van der Waals surface area contributed by atoms with Gasteiger partial charge in [0, 0.05) is 56.1 Å². The number of aromatic nitrogens is 2. The first kappa shape index (κ1) is 14.8. The maximum absolute atomic E-state index is 5.27. The van der Waals surface area contributed by atoms with Crippen LogP contribution in [0.15, 0.2) is 29.0 Å². The molecule has 0 amide bonds. The predicted octanol–water partition coefficient (Wildman–Crippen LogP) is 2.39. The van der Waals surface area contributed by atoms with Gasteiger partial charge in [-0.15, -0.1) is 0 Å². The third-order valence-corrected chi connectivity index (χ3v) is 5.33. The van der Waals surface area contributed by atoms with Crippen LogP contribution in [0, 0.1) is 19.3 Å². The minimum absolute atomic E-state index is 0.501. The fourth-order valence-electron chi connectivity index (χ4n) is 4.14. The van der Waals surface area contributed by atoms with Crippen LogP contribution in [0.4, 0.5) is 0 Å². The smallest absolute Gasteiger partial charge is 0.138 e.